The van der Waals surface area contributed by atoms with Crippen molar-refractivity contribution < 1.29 is 25.5 Å². The average molecular weight is 166 g/mol. The Labute approximate surface area is 64.5 Å². The fourth-order valence-electron chi connectivity index (χ4n) is 0.621. The highest BCUT2D eigenvalue weighted by Gasteiger charge is 2.27. The predicted molar refractivity (Wildman–Crippen MR) is 36.8 cm³/mol. The molecule has 0 aromatic carbocycles. The van der Waals surface area contributed by atoms with E-state index in [-0.39, 0.29) is 0 Å². The van der Waals surface area contributed by atoms with E-state index >= 15 is 0 Å². The standard InChI is InChI=1S/C6H14O5/c1-3(8)5(10)6(11)4(9)2-7/h3-11H,2H2,1H3/t3-,4?,5?,6?/m1/s1. The first-order valence-corrected chi connectivity index (χ1v) is 3.33. The van der Waals surface area contributed by atoms with Crippen molar-refractivity contribution in [1.29, 1.82) is 0 Å². The van der Waals surface area contributed by atoms with E-state index in [1.54, 1.807) is 0 Å². The van der Waals surface area contributed by atoms with Gasteiger partial charge in [-0.15, -0.1) is 0 Å². The van der Waals surface area contributed by atoms with E-state index in [2.05, 4.69) is 0 Å². The van der Waals surface area contributed by atoms with E-state index in [0.29, 0.717) is 0 Å². The first-order chi connectivity index (χ1) is 5.00. The zero-order valence-electron chi connectivity index (χ0n) is 6.25. The van der Waals surface area contributed by atoms with Gasteiger partial charge in [-0.25, -0.2) is 0 Å². The Kier molecular flexibility index (Phi) is 4.55. The summed E-state index contributed by atoms with van der Waals surface area (Å²) >= 11 is 0. The van der Waals surface area contributed by atoms with Gasteiger partial charge in [0.15, 0.2) is 0 Å². The molecule has 0 aromatic rings. The van der Waals surface area contributed by atoms with Crippen molar-refractivity contribution in [3.05, 3.63) is 0 Å². The van der Waals surface area contributed by atoms with Crippen LogP contribution in [0.2, 0.25) is 0 Å². The van der Waals surface area contributed by atoms with E-state index in [9.17, 15) is 0 Å². The van der Waals surface area contributed by atoms with Crippen LogP contribution < -0.4 is 0 Å². The van der Waals surface area contributed by atoms with E-state index < -0.39 is 31.0 Å². The third-order valence-corrected chi connectivity index (χ3v) is 1.43. The van der Waals surface area contributed by atoms with Gasteiger partial charge in [0.05, 0.1) is 12.7 Å². The molecule has 0 bridgehead atoms. The minimum Gasteiger partial charge on any atom is -0.394 e. The zero-order chi connectivity index (χ0) is 9.02. The van der Waals surface area contributed by atoms with Crippen LogP contribution in [0.25, 0.3) is 0 Å². The quantitative estimate of drug-likeness (QED) is 0.316. The number of rotatable bonds is 4. The number of hydrogen-bond donors (Lipinski definition) is 5. The van der Waals surface area contributed by atoms with Gasteiger partial charge in [0.2, 0.25) is 0 Å². The maximum atomic E-state index is 8.94. The van der Waals surface area contributed by atoms with Crippen LogP contribution in [0.15, 0.2) is 0 Å². The summed E-state index contributed by atoms with van der Waals surface area (Å²) in [4.78, 5) is 0. The molecular weight excluding hydrogens is 152 g/mol. The lowest BCUT2D eigenvalue weighted by atomic mass is 10.1. The van der Waals surface area contributed by atoms with Crippen molar-refractivity contribution in [2.75, 3.05) is 6.61 Å². The summed E-state index contributed by atoms with van der Waals surface area (Å²) in [5.41, 5.74) is 0. The average Bonchev–Trinajstić information content (AvgIpc) is 2.00. The number of aliphatic hydroxyl groups excluding tert-OH is 5. The van der Waals surface area contributed by atoms with Crippen molar-refractivity contribution >= 4 is 0 Å². The van der Waals surface area contributed by atoms with Gasteiger partial charge in [0, 0.05) is 0 Å². The molecule has 0 radical (unpaired) electrons. The Balaban J connectivity index is 3.90. The molecule has 0 fully saturated rings. The van der Waals surface area contributed by atoms with E-state index in [4.69, 9.17) is 25.5 Å². The number of aliphatic hydroxyl groups is 5. The van der Waals surface area contributed by atoms with Crippen LogP contribution in [-0.4, -0.2) is 56.6 Å². The Morgan fingerprint density at radius 3 is 1.73 bits per heavy atom. The van der Waals surface area contributed by atoms with Crippen LogP contribution in [0.1, 0.15) is 6.92 Å². The van der Waals surface area contributed by atoms with Crippen LogP contribution in [-0.2, 0) is 0 Å². The largest absolute Gasteiger partial charge is 0.394 e. The molecule has 5 heteroatoms. The summed E-state index contributed by atoms with van der Waals surface area (Å²) in [5.74, 6) is 0. The van der Waals surface area contributed by atoms with Crippen LogP contribution in [0, 0.1) is 0 Å². The van der Waals surface area contributed by atoms with Gasteiger partial charge in [-0.1, -0.05) is 0 Å². The molecule has 0 heterocycles. The molecule has 5 nitrogen and oxygen atoms in total. The van der Waals surface area contributed by atoms with Gasteiger partial charge in [-0.05, 0) is 6.92 Å². The van der Waals surface area contributed by atoms with Crippen LogP contribution in [0.4, 0.5) is 0 Å². The molecule has 5 N–H and O–H groups in total. The molecule has 0 aliphatic heterocycles. The smallest absolute Gasteiger partial charge is 0.110 e. The minimum absolute atomic E-state index is 0.648. The van der Waals surface area contributed by atoms with Crippen LogP contribution in [0.3, 0.4) is 0 Å². The second-order valence-corrected chi connectivity index (χ2v) is 2.47. The van der Waals surface area contributed by atoms with Gasteiger partial charge < -0.3 is 25.5 Å². The fourth-order valence-corrected chi connectivity index (χ4v) is 0.621. The molecule has 0 saturated heterocycles. The highest BCUT2D eigenvalue weighted by Crippen LogP contribution is 2.03. The summed E-state index contributed by atoms with van der Waals surface area (Å²) in [7, 11) is 0. The maximum Gasteiger partial charge on any atom is 0.110 e. The molecule has 68 valence electrons. The summed E-state index contributed by atoms with van der Waals surface area (Å²) in [6, 6.07) is 0. The van der Waals surface area contributed by atoms with Gasteiger partial charge in [0.1, 0.15) is 18.3 Å². The third kappa shape index (κ3) is 3.13. The normalized spacial score (nSPS) is 22.4. The second kappa shape index (κ2) is 4.63. The van der Waals surface area contributed by atoms with Crippen molar-refractivity contribution in [2.24, 2.45) is 0 Å². The lowest BCUT2D eigenvalue weighted by molar-refractivity contribution is -0.110. The molecule has 0 aliphatic rings. The summed E-state index contributed by atoms with van der Waals surface area (Å²) in [6.07, 6.45) is -5.50. The van der Waals surface area contributed by atoms with Crippen molar-refractivity contribution in [3.8, 4) is 0 Å². The molecule has 4 atom stereocenters. The molecule has 0 aliphatic carbocycles. The molecule has 3 unspecified atom stereocenters. The Morgan fingerprint density at radius 1 is 1.00 bits per heavy atom. The summed E-state index contributed by atoms with van der Waals surface area (Å²) in [6.45, 7) is 0.628. The molecule has 0 saturated carbocycles. The van der Waals surface area contributed by atoms with Gasteiger partial charge in [-0.3, -0.25) is 0 Å². The van der Waals surface area contributed by atoms with Crippen molar-refractivity contribution in [2.45, 2.75) is 31.3 Å². The lowest BCUT2D eigenvalue weighted by Gasteiger charge is -2.23. The Hall–Kier alpha value is -0.200. The monoisotopic (exact) mass is 166 g/mol. The predicted octanol–water partition coefficient (Wildman–Crippen LogP) is -2.56. The first kappa shape index (κ1) is 10.8. The van der Waals surface area contributed by atoms with Gasteiger partial charge in [-0.2, -0.15) is 0 Å². The van der Waals surface area contributed by atoms with Crippen molar-refractivity contribution in [3.63, 3.8) is 0 Å². The summed E-state index contributed by atoms with van der Waals surface area (Å²) < 4.78 is 0. The molecule has 0 rings (SSSR count). The highest BCUT2D eigenvalue weighted by molar-refractivity contribution is 4.77. The van der Waals surface area contributed by atoms with E-state index in [0.717, 1.165) is 0 Å². The number of hydrogen-bond acceptors (Lipinski definition) is 5. The second-order valence-electron chi connectivity index (χ2n) is 2.47. The molecule has 0 aromatic heterocycles. The maximum absolute atomic E-state index is 8.94. The summed E-state index contributed by atoms with van der Waals surface area (Å²) in [5, 5.41) is 43.7. The molecule has 11 heavy (non-hydrogen) atoms. The SMILES string of the molecule is C[C@@H](O)C(O)C(O)C(O)CO. The Morgan fingerprint density at radius 2 is 1.45 bits per heavy atom. The fraction of sp³-hybridized carbons (Fsp3) is 1.00. The van der Waals surface area contributed by atoms with E-state index in [1.807, 2.05) is 0 Å². The first-order valence-electron chi connectivity index (χ1n) is 3.33. The molecule has 0 spiro atoms. The van der Waals surface area contributed by atoms with Gasteiger partial charge in [0.25, 0.3) is 0 Å². The minimum atomic E-state index is -1.51. The lowest BCUT2D eigenvalue weighted by Crippen LogP contribution is -2.44. The topological polar surface area (TPSA) is 101 Å². The van der Waals surface area contributed by atoms with E-state index in [1.165, 1.54) is 6.92 Å². The Bertz CT molecular complexity index is 105. The van der Waals surface area contributed by atoms with Crippen LogP contribution in [0.5, 0.6) is 0 Å². The van der Waals surface area contributed by atoms with Crippen LogP contribution >= 0.6 is 0 Å². The molecular formula is C6H14O5. The van der Waals surface area contributed by atoms with Crippen molar-refractivity contribution in [1.82, 2.24) is 0 Å². The third-order valence-electron chi connectivity index (χ3n) is 1.43. The molecule has 0 amide bonds. The zero-order valence-corrected chi connectivity index (χ0v) is 6.25. The highest BCUT2D eigenvalue weighted by atomic mass is 16.4. The van der Waals surface area contributed by atoms with Gasteiger partial charge >= 0.3 is 0 Å².